The molecule has 21 heavy (non-hydrogen) atoms. The number of anilines is 1. The number of hydrogen-bond acceptors (Lipinski definition) is 4. The van der Waals surface area contributed by atoms with Crippen LogP contribution in [0.3, 0.4) is 0 Å². The number of benzene rings is 1. The third-order valence-corrected chi connectivity index (χ3v) is 3.69. The van der Waals surface area contributed by atoms with E-state index in [0.29, 0.717) is 19.1 Å². The molecule has 0 saturated carbocycles. The molecule has 0 aromatic heterocycles. The van der Waals surface area contributed by atoms with Crippen molar-refractivity contribution in [3.63, 3.8) is 0 Å². The Labute approximate surface area is 136 Å². The first-order valence-electron chi connectivity index (χ1n) is 7.29. The summed E-state index contributed by atoms with van der Waals surface area (Å²) in [7, 11) is 1.63. The van der Waals surface area contributed by atoms with Gasteiger partial charge in [0.2, 0.25) is 0 Å². The van der Waals surface area contributed by atoms with Gasteiger partial charge in [-0.3, -0.25) is 0 Å². The maximum Gasteiger partial charge on any atom is 0.133 e. The van der Waals surface area contributed by atoms with E-state index in [1.165, 1.54) is 0 Å². The lowest BCUT2D eigenvalue weighted by molar-refractivity contribution is -0.00443. The normalized spacial score (nSPS) is 14.0. The lowest BCUT2D eigenvalue weighted by atomic mass is 10.1. The molecule has 5 heteroatoms. The average Bonchev–Trinajstić information content (AvgIpc) is 2.42. The Kier molecular flexibility index (Phi) is 8.07. The van der Waals surface area contributed by atoms with E-state index >= 15 is 0 Å². The van der Waals surface area contributed by atoms with Crippen LogP contribution in [-0.2, 0) is 4.74 Å². The Morgan fingerprint density at radius 3 is 2.57 bits per heavy atom. The first-order chi connectivity index (χ1) is 9.92. The maximum atomic E-state index is 9.94. The smallest absolute Gasteiger partial charge is 0.133 e. The van der Waals surface area contributed by atoms with Crippen molar-refractivity contribution in [2.45, 2.75) is 39.4 Å². The van der Waals surface area contributed by atoms with E-state index in [0.717, 1.165) is 22.3 Å². The van der Waals surface area contributed by atoms with Crippen molar-refractivity contribution >= 4 is 21.6 Å². The highest BCUT2D eigenvalue weighted by molar-refractivity contribution is 9.10. The molecule has 0 fully saturated rings. The van der Waals surface area contributed by atoms with E-state index in [-0.39, 0.29) is 6.10 Å². The lowest BCUT2D eigenvalue weighted by Gasteiger charge is -2.18. The molecule has 1 rings (SSSR count). The van der Waals surface area contributed by atoms with Gasteiger partial charge in [-0.15, -0.1) is 0 Å². The van der Waals surface area contributed by atoms with Gasteiger partial charge in [-0.1, -0.05) is 13.8 Å². The Hall–Kier alpha value is -0.780. The van der Waals surface area contributed by atoms with Crippen molar-refractivity contribution in [1.29, 1.82) is 0 Å². The summed E-state index contributed by atoms with van der Waals surface area (Å²) in [6.45, 7) is 7.17. The van der Waals surface area contributed by atoms with Gasteiger partial charge < -0.3 is 19.9 Å². The molecule has 0 heterocycles. The van der Waals surface area contributed by atoms with Gasteiger partial charge in [0, 0.05) is 12.2 Å². The van der Waals surface area contributed by atoms with E-state index < -0.39 is 6.10 Å². The van der Waals surface area contributed by atoms with Crippen molar-refractivity contribution in [3.8, 4) is 5.75 Å². The molecule has 0 radical (unpaired) electrons. The number of aliphatic hydroxyl groups is 1. The topological polar surface area (TPSA) is 50.7 Å². The molecular formula is C16H26BrNO3. The molecule has 4 nitrogen and oxygen atoms in total. The Bertz CT molecular complexity index is 426. The van der Waals surface area contributed by atoms with Gasteiger partial charge >= 0.3 is 0 Å². The number of ether oxygens (including phenoxy) is 2. The Morgan fingerprint density at radius 1 is 1.29 bits per heavy atom. The van der Waals surface area contributed by atoms with E-state index in [9.17, 15) is 5.11 Å². The predicted octanol–water partition coefficient (Wildman–Crippen LogP) is 3.68. The van der Waals surface area contributed by atoms with Gasteiger partial charge in [0.15, 0.2) is 0 Å². The molecule has 2 atom stereocenters. The minimum atomic E-state index is -0.527. The van der Waals surface area contributed by atoms with E-state index in [1.807, 2.05) is 25.1 Å². The van der Waals surface area contributed by atoms with Crippen LogP contribution < -0.4 is 10.1 Å². The minimum Gasteiger partial charge on any atom is -0.496 e. The largest absolute Gasteiger partial charge is 0.496 e. The molecule has 0 bridgehead atoms. The molecule has 1 aromatic carbocycles. The first kappa shape index (κ1) is 18.3. The molecule has 1 aromatic rings. The fourth-order valence-corrected chi connectivity index (χ4v) is 2.62. The summed E-state index contributed by atoms with van der Waals surface area (Å²) in [6.07, 6.45) is 0.654. The van der Waals surface area contributed by atoms with E-state index in [1.54, 1.807) is 7.11 Å². The van der Waals surface area contributed by atoms with Crippen LogP contribution in [0, 0.1) is 5.92 Å². The monoisotopic (exact) mass is 359 g/mol. The van der Waals surface area contributed by atoms with Crippen LogP contribution in [0.1, 0.15) is 27.2 Å². The zero-order valence-corrected chi connectivity index (χ0v) is 14.8. The van der Waals surface area contributed by atoms with Gasteiger partial charge in [-0.2, -0.15) is 0 Å². The number of hydrogen-bond donors (Lipinski definition) is 2. The van der Waals surface area contributed by atoms with Crippen LogP contribution in [0.25, 0.3) is 0 Å². The SMILES string of the molecule is COc1ccc(NCC(O)COC(C)CC(C)C)cc1Br. The molecule has 120 valence electrons. The van der Waals surface area contributed by atoms with E-state index in [4.69, 9.17) is 9.47 Å². The molecule has 0 aliphatic heterocycles. The first-order valence-corrected chi connectivity index (χ1v) is 8.08. The third-order valence-electron chi connectivity index (χ3n) is 3.07. The van der Waals surface area contributed by atoms with Gasteiger partial charge in [-0.25, -0.2) is 0 Å². The van der Waals surface area contributed by atoms with Crippen molar-refractivity contribution in [1.82, 2.24) is 0 Å². The van der Waals surface area contributed by atoms with Crippen LogP contribution in [-0.4, -0.2) is 37.6 Å². The second-order valence-electron chi connectivity index (χ2n) is 5.66. The number of methoxy groups -OCH3 is 1. The summed E-state index contributed by atoms with van der Waals surface area (Å²) in [5.41, 5.74) is 0.928. The quantitative estimate of drug-likeness (QED) is 0.705. The molecule has 0 aliphatic carbocycles. The summed E-state index contributed by atoms with van der Waals surface area (Å²) in [6, 6.07) is 5.71. The number of halogens is 1. The fourth-order valence-electron chi connectivity index (χ4n) is 2.08. The zero-order chi connectivity index (χ0) is 15.8. The van der Waals surface area contributed by atoms with Crippen LogP contribution in [0.5, 0.6) is 5.75 Å². The molecule has 0 amide bonds. The van der Waals surface area contributed by atoms with Gasteiger partial charge in [-0.05, 0) is 53.4 Å². The molecule has 0 spiro atoms. The Balaban J connectivity index is 2.32. The van der Waals surface area contributed by atoms with E-state index in [2.05, 4.69) is 35.1 Å². The molecule has 2 unspecified atom stereocenters. The minimum absolute atomic E-state index is 0.176. The third kappa shape index (κ3) is 7.16. The van der Waals surface area contributed by atoms with Gasteiger partial charge in [0.1, 0.15) is 5.75 Å². The second kappa shape index (κ2) is 9.28. The fraction of sp³-hybridized carbons (Fsp3) is 0.625. The molecular weight excluding hydrogens is 334 g/mol. The van der Waals surface area contributed by atoms with Crippen LogP contribution in [0.4, 0.5) is 5.69 Å². The predicted molar refractivity (Wildman–Crippen MR) is 90.1 cm³/mol. The zero-order valence-electron chi connectivity index (χ0n) is 13.2. The number of rotatable bonds is 9. The number of aliphatic hydroxyl groups excluding tert-OH is 1. The van der Waals surface area contributed by atoms with Crippen molar-refractivity contribution in [2.24, 2.45) is 5.92 Å². The highest BCUT2D eigenvalue weighted by Crippen LogP contribution is 2.27. The summed E-state index contributed by atoms with van der Waals surface area (Å²) >= 11 is 3.43. The molecule has 0 aliphatic rings. The summed E-state index contributed by atoms with van der Waals surface area (Å²) in [4.78, 5) is 0. The summed E-state index contributed by atoms with van der Waals surface area (Å²) in [5.74, 6) is 1.39. The molecule has 2 N–H and O–H groups in total. The summed E-state index contributed by atoms with van der Waals surface area (Å²) in [5, 5.41) is 13.1. The highest BCUT2D eigenvalue weighted by Gasteiger charge is 2.10. The van der Waals surface area contributed by atoms with Crippen LogP contribution in [0.15, 0.2) is 22.7 Å². The van der Waals surface area contributed by atoms with Crippen molar-refractivity contribution < 1.29 is 14.6 Å². The molecule has 0 saturated heterocycles. The van der Waals surface area contributed by atoms with Gasteiger partial charge in [0.25, 0.3) is 0 Å². The highest BCUT2D eigenvalue weighted by atomic mass is 79.9. The number of nitrogens with one attached hydrogen (secondary N) is 1. The maximum absolute atomic E-state index is 9.94. The van der Waals surface area contributed by atoms with Crippen LogP contribution in [0.2, 0.25) is 0 Å². The van der Waals surface area contributed by atoms with Crippen LogP contribution >= 0.6 is 15.9 Å². The summed E-state index contributed by atoms with van der Waals surface area (Å²) < 4.78 is 11.7. The second-order valence-corrected chi connectivity index (χ2v) is 6.51. The van der Waals surface area contributed by atoms with Crippen molar-refractivity contribution in [3.05, 3.63) is 22.7 Å². The lowest BCUT2D eigenvalue weighted by Crippen LogP contribution is -2.27. The Morgan fingerprint density at radius 2 is 2.00 bits per heavy atom. The standard InChI is InChI=1S/C16H26BrNO3/c1-11(2)7-12(3)21-10-14(19)9-18-13-5-6-16(20-4)15(17)8-13/h5-6,8,11-12,14,18-19H,7,9-10H2,1-4H3. The van der Waals surface area contributed by atoms with Gasteiger partial charge in [0.05, 0.1) is 30.4 Å². The average molecular weight is 360 g/mol. The van der Waals surface area contributed by atoms with Crippen molar-refractivity contribution in [2.75, 3.05) is 25.6 Å².